The molecule has 2 atom stereocenters. The Morgan fingerprint density at radius 2 is 2.29 bits per heavy atom. The van der Waals surface area contributed by atoms with Crippen LogP contribution in [0.3, 0.4) is 0 Å². The lowest BCUT2D eigenvalue weighted by atomic mass is 10.0. The average Bonchev–Trinajstić information content (AvgIpc) is 2.75. The number of rotatable bonds is 7. The first kappa shape index (κ1) is 14.2. The van der Waals surface area contributed by atoms with Crippen LogP contribution in [-0.4, -0.2) is 52.0 Å². The molecule has 0 aliphatic carbocycles. The van der Waals surface area contributed by atoms with Crippen LogP contribution in [0.25, 0.3) is 0 Å². The molecule has 1 heterocycles. The summed E-state index contributed by atoms with van der Waals surface area (Å²) in [6, 6.07) is 0.117. The van der Waals surface area contributed by atoms with Gasteiger partial charge in [-0.1, -0.05) is 12.2 Å². The Kier molecular flexibility index (Phi) is 6.18. The van der Waals surface area contributed by atoms with Gasteiger partial charge in [0.15, 0.2) is 0 Å². The van der Waals surface area contributed by atoms with Gasteiger partial charge in [-0.3, -0.25) is 4.79 Å². The van der Waals surface area contributed by atoms with Gasteiger partial charge in [-0.2, -0.15) is 0 Å². The maximum absolute atomic E-state index is 11.8. The average molecular weight is 242 g/mol. The van der Waals surface area contributed by atoms with E-state index in [2.05, 4.69) is 17.2 Å². The number of amides is 1. The fourth-order valence-corrected chi connectivity index (χ4v) is 1.72. The third-order valence-electron chi connectivity index (χ3n) is 2.68. The minimum atomic E-state index is -0.0962. The second-order valence-corrected chi connectivity index (χ2v) is 4.34. The highest BCUT2D eigenvalue weighted by molar-refractivity contribution is 5.79. The van der Waals surface area contributed by atoms with E-state index >= 15 is 0 Å². The Balaban J connectivity index is 2.14. The quantitative estimate of drug-likeness (QED) is 0.485. The predicted molar refractivity (Wildman–Crippen MR) is 65.8 cm³/mol. The molecule has 98 valence electrons. The molecule has 2 N–H and O–H groups in total. The lowest BCUT2D eigenvalue weighted by molar-refractivity contribution is -0.125. The van der Waals surface area contributed by atoms with E-state index in [1.54, 1.807) is 0 Å². The van der Waals surface area contributed by atoms with Gasteiger partial charge in [0.05, 0.1) is 32.3 Å². The molecule has 0 saturated carbocycles. The van der Waals surface area contributed by atoms with E-state index in [4.69, 9.17) is 9.47 Å². The van der Waals surface area contributed by atoms with Crippen molar-refractivity contribution in [2.45, 2.75) is 13.0 Å². The zero-order valence-corrected chi connectivity index (χ0v) is 10.6. The van der Waals surface area contributed by atoms with Crippen molar-refractivity contribution < 1.29 is 14.3 Å². The van der Waals surface area contributed by atoms with E-state index < -0.39 is 0 Å². The van der Waals surface area contributed by atoms with Crippen molar-refractivity contribution in [1.29, 1.82) is 0 Å². The summed E-state index contributed by atoms with van der Waals surface area (Å²) in [5, 5.41) is 5.93. The molecule has 1 fully saturated rings. The summed E-state index contributed by atoms with van der Waals surface area (Å²) in [6.07, 6.45) is 0. The van der Waals surface area contributed by atoms with Crippen molar-refractivity contribution in [3.8, 4) is 0 Å². The molecule has 1 rings (SSSR count). The Morgan fingerprint density at radius 3 is 2.94 bits per heavy atom. The maximum atomic E-state index is 11.8. The van der Waals surface area contributed by atoms with Crippen molar-refractivity contribution in [3.05, 3.63) is 12.2 Å². The van der Waals surface area contributed by atoms with Gasteiger partial charge in [-0.15, -0.1) is 0 Å². The van der Waals surface area contributed by atoms with Crippen molar-refractivity contribution in [2.75, 3.05) is 40.0 Å². The van der Waals surface area contributed by atoms with Crippen LogP contribution in [0.2, 0.25) is 0 Å². The summed E-state index contributed by atoms with van der Waals surface area (Å²) in [5.41, 5.74) is 0.982. The van der Waals surface area contributed by atoms with Gasteiger partial charge < -0.3 is 20.1 Å². The molecule has 1 amide bonds. The molecule has 0 aromatic heterocycles. The first-order chi connectivity index (χ1) is 8.15. The molecule has 0 aromatic rings. The molecule has 2 unspecified atom stereocenters. The molecular weight excluding hydrogens is 220 g/mol. The highest BCUT2D eigenvalue weighted by Crippen LogP contribution is 2.13. The molecule has 1 aliphatic heterocycles. The third kappa shape index (κ3) is 4.85. The SMILES string of the molecule is C=C(C)COCCNC(=O)C1COCC1NC. The van der Waals surface area contributed by atoms with Crippen LogP contribution in [0.1, 0.15) is 6.92 Å². The molecule has 5 heteroatoms. The molecule has 5 nitrogen and oxygen atoms in total. The van der Waals surface area contributed by atoms with Gasteiger partial charge in [0.25, 0.3) is 0 Å². The van der Waals surface area contributed by atoms with Gasteiger partial charge in [0.2, 0.25) is 5.91 Å². The summed E-state index contributed by atoms with van der Waals surface area (Å²) < 4.78 is 10.6. The molecular formula is C12H22N2O3. The van der Waals surface area contributed by atoms with Crippen molar-refractivity contribution in [3.63, 3.8) is 0 Å². The summed E-state index contributed by atoms with van der Waals surface area (Å²) >= 11 is 0. The smallest absolute Gasteiger partial charge is 0.227 e. The van der Waals surface area contributed by atoms with Crippen LogP contribution < -0.4 is 10.6 Å². The lowest BCUT2D eigenvalue weighted by Gasteiger charge is -2.16. The van der Waals surface area contributed by atoms with Crippen LogP contribution in [0.5, 0.6) is 0 Å². The first-order valence-electron chi connectivity index (χ1n) is 5.90. The highest BCUT2D eigenvalue weighted by atomic mass is 16.5. The van der Waals surface area contributed by atoms with E-state index in [-0.39, 0.29) is 17.9 Å². The maximum Gasteiger partial charge on any atom is 0.227 e. The van der Waals surface area contributed by atoms with E-state index in [0.717, 1.165) is 5.57 Å². The number of nitrogens with one attached hydrogen (secondary N) is 2. The minimum Gasteiger partial charge on any atom is -0.379 e. The van der Waals surface area contributed by atoms with Gasteiger partial charge >= 0.3 is 0 Å². The van der Waals surface area contributed by atoms with Crippen LogP contribution in [0, 0.1) is 5.92 Å². The van der Waals surface area contributed by atoms with Crippen LogP contribution in [0.15, 0.2) is 12.2 Å². The second-order valence-electron chi connectivity index (χ2n) is 4.34. The molecule has 1 saturated heterocycles. The number of carbonyl (C=O) groups is 1. The Hall–Kier alpha value is -0.910. The molecule has 17 heavy (non-hydrogen) atoms. The molecule has 0 bridgehead atoms. The van der Waals surface area contributed by atoms with Crippen LogP contribution >= 0.6 is 0 Å². The number of likely N-dealkylation sites (N-methyl/N-ethyl adjacent to an activating group) is 1. The first-order valence-corrected chi connectivity index (χ1v) is 5.90. The molecule has 0 spiro atoms. The lowest BCUT2D eigenvalue weighted by Crippen LogP contribution is -2.43. The van der Waals surface area contributed by atoms with E-state index in [0.29, 0.717) is 33.0 Å². The minimum absolute atomic E-state index is 0.0285. The number of hydrogen-bond donors (Lipinski definition) is 2. The van der Waals surface area contributed by atoms with E-state index in [9.17, 15) is 4.79 Å². The highest BCUT2D eigenvalue weighted by Gasteiger charge is 2.32. The van der Waals surface area contributed by atoms with Crippen molar-refractivity contribution >= 4 is 5.91 Å². The number of hydrogen-bond acceptors (Lipinski definition) is 4. The Bertz CT molecular complexity index is 268. The zero-order valence-electron chi connectivity index (χ0n) is 10.6. The Morgan fingerprint density at radius 1 is 1.53 bits per heavy atom. The van der Waals surface area contributed by atoms with Gasteiger partial charge in [-0.05, 0) is 14.0 Å². The standard InChI is InChI=1S/C12H22N2O3/c1-9(2)6-16-5-4-14-12(15)10-7-17-8-11(10)13-3/h10-11,13H,1,4-8H2,2-3H3,(H,14,15). The predicted octanol–water partition coefficient (Wildman–Crippen LogP) is -0.0703. The monoisotopic (exact) mass is 242 g/mol. The second kappa shape index (κ2) is 7.42. The van der Waals surface area contributed by atoms with E-state index in [1.165, 1.54) is 0 Å². The van der Waals surface area contributed by atoms with Crippen LogP contribution in [0.4, 0.5) is 0 Å². The number of carbonyl (C=O) groups excluding carboxylic acids is 1. The van der Waals surface area contributed by atoms with Crippen molar-refractivity contribution in [1.82, 2.24) is 10.6 Å². The summed E-state index contributed by atoms with van der Waals surface area (Å²) in [6.45, 7) is 8.31. The van der Waals surface area contributed by atoms with Gasteiger partial charge in [0.1, 0.15) is 0 Å². The third-order valence-corrected chi connectivity index (χ3v) is 2.68. The number of ether oxygens (including phenoxy) is 2. The van der Waals surface area contributed by atoms with Gasteiger partial charge in [0, 0.05) is 12.6 Å². The topological polar surface area (TPSA) is 59.6 Å². The molecule has 1 aliphatic rings. The Labute approximate surface area is 103 Å². The molecule has 0 radical (unpaired) electrons. The van der Waals surface area contributed by atoms with Crippen LogP contribution in [-0.2, 0) is 14.3 Å². The fourth-order valence-electron chi connectivity index (χ4n) is 1.72. The summed E-state index contributed by atoms with van der Waals surface area (Å²) in [7, 11) is 1.84. The summed E-state index contributed by atoms with van der Waals surface area (Å²) in [4.78, 5) is 11.8. The zero-order chi connectivity index (χ0) is 12.7. The van der Waals surface area contributed by atoms with Gasteiger partial charge in [-0.25, -0.2) is 0 Å². The largest absolute Gasteiger partial charge is 0.379 e. The fraction of sp³-hybridized carbons (Fsp3) is 0.750. The summed E-state index contributed by atoms with van der Waals surface area (Å²) in [5.74, 6) is -0.0677. The molecule has 0 aromatic carbocycles. The van der Waals surface area contributed by atoms with Crippen molar-refractivity contribution in [2.24, 2.45) is 5.92 Å². The van der Waals surface area contributed by atoms with E-state index in [1.807, 2.05) is 14.0 Å². The normalized spacial score (nSPS) is 23.6.